The second-order valence-corrected chi connectivity index (χ2v) is 4.14. The van der Waals surface area contributed by atoms with Crippen molar-refractivity contribution in [3.05, 3.63) is 35.6 Å². The highest BCUT2D eigenvalue weighted by Gasteiger charge is 2.11. The molecule has 1 aromatic rings. The number of benzene rings is 1. The zero-order valence-electron chi connectivity index (χ0n) is 11.0. The van der Waals surface area contributed by atoms with Crippen LogP contribution in [0.5, 0.6) is 0 Å². The van der Waals surface area contributed by atoms with Crippen molar-refractivity contribution >= 4 is 5.97 Å². The maximum absolute atomic E-state index is 12.8. The normalized spacial score (nSPS) is 10.7. The van der Waals surface area contributed by atoms with Gasteiger partial charge in [-0.25, -0.2) is 4.39 Å². The van der Waals surface area contributed by atoms with E-state index in [4.69, 9.17) is 4.74 Å². The molecule has 0 saturated carbocycles. The molecule has 0 aliphatic carbocycles. The molecule has 0 aromatic heterocycles. The molecule has 0 bridgehead atoms. The first-order valence-electron chi connectivity index (χ1n) is 6.28. The zero-order chi connectivity index (χ0) is 13.4. The van der Waals surface area contributed by atoms with Crippen LogP contribution in [0.3, 0.4) is 0 Å². The Morgan fingerprint density at radius 3 is 2.50 bits per heavy atom. The first kappa shape index (κ1) is 14.6. The van der Waals surface area contributed by atoms with E-state index >= 15 is 0 Å². The van der Waals surface area contributed by atoms with Crippen LogP contribution in [0.15, 0.2) is 24.3 Å². The average Bonchev–Trinajstić information content (AvgIpc) is 2.32. The molecule has 0 N–H and O–H groups in total. The Balaban J connectivity index is 2.56. The summed E-state index contributed by atoms with van der Waals surface area (Å²) in [7, 11) is 0. The van der Waals surface area contributed by atoms with Crippen molar-refractivity contribution in [2.45, 2.75) is 26.8 Å². The van der Waals surface area contributed by atoms with Crippen LogP contribution in [-0.2, 0) is 16.1 Å². The van der Waals surface area contributed by atoms with Crippen molar-refractivity contribution in [2.24, 2.45) is 0 Å². The van der Waals surface area contributed by atoms with Gasteiger partial charge < -0.3 is 4.74 Å². The summed E-state index contributed by atoms with van der Waals surface area (Å²) in [6.07, 6.45) is 0.959. The number of hydrogen-bond acceptors (Lipinski definition) is 3. The molecular formula is C14H20FNO2. The van der Waals surface area contributed by atoms with Crippen molar-refractivity contribution in [3.8, 4) is 0 Å². The Kier molecular flexibility index (Phi) is 6.36. The highest BCUT2D eigenvalue weighted by atomic mass is 19.1. The molecule has 100 valence electrons. The van der Waals surface area contributed by atoms with Crippen LogP contribution in [0.25, 0.3) is 0 Å². The first-order valence-corrected chi connectivity index (χ1v) is 6.28. The summed E-state index contributed by atoms with van der Waals surface area (Å²) < 4.78 is 17.7. The van der Waals surface area contributed by atoms with E-state index in [0.29, 0.717) is 13.2 Å². The van der Waals surface area contributed by atoms with Crippen LogP contribution < -0.4 is 0 Å². The van der Waals surface area contributed by atoms with E-state index in [2.05, 4.69) is 6.92 Å². The van der Waals surface area contributed by atoms with Gasteiger partial charge in [-0.1, -0.05) is 19.1 Å². The number of rotatable bonds is 7. The molecule has 0 heterocycles. The quantitative estimate of drug-likeness (QED) is 0.700. The maximum Gasteiger partial charge on any atom is 0.320 e. The Morgan fingerprint density at radius 1 is 1.28 bits per heavy atom. The number of esters is 1. The van der Waals surface area contributed by atoms with Gasteiger partial charge in [0.25, 0.3) is 0 Å². The molecule has 4 heteroatoms. The van der Waals surface area contributed by atoms with Crippen molar-refractivity contribution < 1.29 is 13.9 Å². The van der Waals surface area contributed by atoms with Gasteiger partial charge in [-0.15, -0.1) is 0 Å². The smallest absolute Gasteiger partial charge is 0.320 e. The standard InChI is InChI=1S/C14H20FNO2/c1-3-9-16(11-14(17)18-4-2)10-12-5-7-13(15)8-6-12/h5-8H,3-4,9-11H2,1-2H3. The van der Waals surface area contributed by atoms with Gasteiger partial charge in [0.1, 0.15) is 5.82 Å². The molecule has 1 rings (SSSR count). The predicted molar refractivity (Wildman–Crippen MR) is 68.6 cm³/mol. The average molecular weight is 253 g/mol. The molecule has 0 amide bonds. The van der Waals surface area contributed by atoms with E-state index in [-0.39, 0.29) is 18.3 Å². The molecule has 0 spiro atoms. The summed E-state index contributed by atoms with van der Waals surface area (Å²) in [6, 6.07) is 6.35. The van der Waals surface area contributed by atoms with Crippen molar-refractivity contribution in [1.82, 2.24) is 4.90 Å². The minimum Gasteiger partial charge on any atom is -0.465 e. The lowest BCUT2D eigenvalue weighted by molar-refractivity contribution is -0.144. The van der Waals surface area contributed by atoms with Crippen LogP contribution >= 0.6 is 0 Å². The van der Waals surface area contributed by atoms with Crippen LogP contribution in [-0.4, -0.2) is 30.6 Å². The summed E-state index contributed by atoms with van der Waals surface area (Å²) >= 11 is 0. The third-order valence-electron chi connectivity index (χ3n) is 2.52. The molecule has 0 aliphatic heterocycles. The van der Waals surface area contributed by atoms with E-state index in [1.807, 2.05) is 4.90 Å². The molecule has 3 nitrogen and oxygen atoms in total. The zero-order valence-corrected chi connectivity index (χ0v) is 11.0. The largest absolute Gasteiger partial charge is 0.465 e. The van der Waals surface area contributed by atoms with Gasteiger partial charge in [0, 0.05) is 6.54 Å². The van der Waals surface area contributed by atoms with E-state index < -0.39 is 0 Å². The summed E-state index contributed by atoms with van der Waals surface area (Å²) in [5.74, 6) is -0.459. The third kappa shape index (κ3) is 5.27. The summed E-state index contributed by atoms with van der Waals surface area (Å²) in [6.45, 7) is 5.97. The molecule has 0 unspecified atom stereocenters. The summed E-state index contributed by atoms with van der Waals surface area (Å²) in [5.41, 5.74) is 0.995. The van der Waals surface area contributed by atoms with Gasteiger partial charge in [-0.2, -0.15) is 0 Å². The first-order chi connectivity index (χ1) is 8.65. The lowest BCUT2D eigenvalue weighted by atomic mass is 10.2. The Bertz CT molecular complexity index is 365. The minimum absolute atomic E-state index is 0.215. The Labute approximate surface area is 108 Å². The van der Waals surface area contributed by atoms with E-state index in [1.54, 1.807) is 19.1 Å². The van der Waals surface area contributed by atoms with Gasteiger partial charge in [-0.3, -0.25) is 9.69 Å². The summed E-state index contributed by atoms with van der Waals surface area (Å²) in [4.78, 5) is 13.5. The van der Waals surface area contributed by atoms with Gasteiger partial charge in [0.05, 0.1) is 13.2 Å². The minimum atomic E-state index is -0.244. The molecule has 0 fully saturated rings. The fraction of sp³-hybridized carbons (Fsp3) is 0.500. The number of nitrogens with zero attached hydrogens (tertiary/aromatic N) is 1. The van der Waals surface area contributed by atoms with Crippen LogP contribution in [0.2, 0.25) is 0 Å². The molecule has 0 radical (unpaired) electrons. The SMILES string of the molecule is CCCN(CC(=O)OCC)Cc1ccc(F)cc1. The second-order valence-electron chi connectivity index (χ2n) is 4.14. The van der Waals surface area contributed by atoms with Crippen molar-refractivity contribution in [3.63, 3.8) is 0 Å². The van der Waals surface area contributed by atoms with Gasteiger partial charge in [0.15, 0.2) is 0 Å². The van der Waals surface area contributed by atoms with Crippen LogP contribution in [0.4, 0.5) is 4.39 Å². The van der Waals surface area contributed by atoms with Gasteiger partial charge in [0.2, 0.25) is 0 Å². The van der Waals surface area contributed by atoms with Crippen LogP contribution in [0.1, 0.15) is 25.8 Å². The van der Waals surface area contributed by atoms with E-state index in [0.717, 1.165) is 18.5 Å². The Hall–Kier alpha value is -1.42. The molecule has 0 aliphatic rings. The second kappa shape index (κ2) is 7.82. The highest BCUT2D eigenvalue weighted by Crippen LogP contribution is 2.07. The number of ether oxygens (including phenoxy) is 1. The van der Waals surface area contributed by atoms with E-state index in [9.17, 15) is 9.18 Å². The van der Waals surface area contributed by atoms with Crippen molar-refractivity contribution in [2.75, 3.05) is 19.7 Å². The lowest BCUT2D eigenvalue weighted by Crippen LogP contribution is -2.31. The predicted octanol–water partition coefficient (Wildman–Crippen LogP) is 2.60. The van der Waals surface area contributed by atoms with Crippen LogP contribution in [0, 0.1) is 5.82 Å². The van der Waals surface area contributed by atoms with Crippen molar-refractivity contribution in [1.29, 1.82) is 0 Å². The third-order valence-corrected chi connectivity index (χ3v) is 2.52. The molecule has 1 aromatic carbocycles. The number of carbonyl (C=O) groups excluding carboxylic acids is 1. The molecule has 0 saturated heterocycles. The molecule has 0 atom stereocenters. The topological polar surface area (TPSA) is 29.5 Å². The number of halogens is 1. The number of carbonyl (C=O) groups is 1. The van der Waals surface area contributed by atoms with Gasteiger partial charge >= 0.3 is 5.97 Å². The van der Waals surface area contributed by atoms with E-state index in [1.165, 1.54) is 12.1 Å². The monoisotopic (exact) mass is 253 g/mol. The maximum atomic E-state index is 12.8. The molecular weight excluding hydrogens is 233 g/mol. The van der Waals surface area contributed by atoms with Gasteiger partial charge in [-0.05, 0) is 37.6 Å². The fourth-order valence-corrected chi connectivity index (χ4v) is 1.77. The number of hydrogen-bond donors (Lipinski definition) is 0. The highest BCUT2D eigenvalue weighted by molar-refractivity contribution is 5.71. The molecule has 18 heavy (non-hydrogen) atoms. The lowest BCUT2D eigenvalue weighted by Gasteiger charge is -2.20. The summed E-state index contributed by atoms with van der Waals surface area (Å²) in [5, 5.41) is 0. The Morgan fingerprint density at radius 2 is 1.94 bits per heavy atom. The fourth-order valence-electron chi connectivity index (χ4n) is 1.77.